The van der Waals surface area contributed by atoms with Crippen molar-refractivity contribution in [2.24, 2.45) is 0 Å². The fourth-order valence-electron chi connectivity index (χ4n) is 3.07. The summed E-state index contributed by atoms with van der Waals surface area (Å²) in [6.07, 6.45) is 3.47. The molecule has 2 rings (SSSR count). The molecule has 0 spiro atoms. The van der Waals surface area contributed by atoms with Gasteiger partial charge in [0.15, 0.2) is 0 Å². The lowest BCUT2D eigenvalue weighted by Gasteiger charge is -2.39. The van der Waals surface area contributed by atoms with Crippen molar-refractivity contribution in [1.29, 1.82) is 0 Å². The molecule has 2 atom stereocenters. The first kappa shape index (κ1) is 17.8. The van der Waals surface area contributed by atoms with Crippen molar-refractivity contribution in [3.63, 3.8) is 0 Å². The Bertz CT molecular complexity index is 487. The van der Waals surface area contributed by atoms with Gasteiger partial charge in [-0.2, -0.15) is 0 Å². The summed E-state index contributed by atoms with van der Waals surface area (Å²) >= 11 is 0. The van der Waals surface area contributed by atoms with Gasteiger partial charge >= 0.3 is 5.97 Å². The number of benzene rings is 1. The highest BCUT2D eigenvalue weighted by Gasteiger charge is 2.22. The van der Waals surface area contributed by atoms with Gasteiger partial charge in [-0.05, 0) is 57.7 Å². The quantitative estimate of drug-likeness (QED) is 0.619. The zero-order valence-corrected chi connectivity index (χ0v) is 14.7. The average molecular weight is 318 g/mol. The topological polar surface area (TPSA) is 41.6 Å². The van der Waals surface area contributed by atoms with E-state index in [2.05, 4.69) is 48.3 Å². The Morgan fingerprint density at radius 2 is 2.00 bits per heavy atom. The molecule has 1 aromatic rings. The van der Waals surface area contributed by atoms with Crippen molar-refractivity contribution >= 4 is 11.7 Å². The summed E-state index contributed by atoms with van der Waals surface area (Å²) in [5, 5.41) is 3.52. The number of rotatable bonds is 7. The lowest BCUT2D eigenvalue weighted by atomic mass is 10.0. The summed E-state index contributed by atoms with van der Waals surface area (Å²) < 4.78 is 4.95. The zero-order valence-electron chi connectivity index (χ0n) is 14.7. The first-order valence-corrected chi connectivity index (χ1v) is 8.84. The molecular formula is C19H30N2O2. The first-order chi connectivity index (χ1) is 11.1. The first-order valence-electron chi connectivity index (χ1n) is 8.84. The van der Waals surface area contributed by atoms with Crippen molar-refractivity contribution in [1.82, 2.24) is 5.32 Å². The van der Waals surface area contributed by atoms with E-state index in [0.717, 1.165) is 32.4 Å². The van der Waals surface area contributed by atoms with E-state index >= 15 is 0 Å². The molecule has 0 unspecified atom stereocenters. The highest BCUT2D eigenvalue weighted by Crippen LogP contribution is 2.21. The van der Waals surface area contributed by atoms with Crippen molar-refractivity contribution < 1.29 is 9.53 Å². The van der Waals surface area contributed by atoms with E-state index in [1.807, 2.05) is 6.92 Å². The Morgan fingerprint density at radius 3 is 2.70 bits per heavy atom. The largest absolute Gasteiger partial charge is 0.466 e. The molecule has 0 bridgehead atoms. The van der Waals surface area contributed by atoms with Crippen molar-refractivity contribution in [3.05, 3.63) is 29.8 Å². The second-order valence-corrected chi connectivity index (χ2v) is 6.49. The van der Waals surface area contributed by atoms with Crippen LogP contribution >= 0.6 is 0 Å². The van der Waals surface area contributed by atoms with Crippen LogP contribution in [0.25, 0.3) is 0 Å². The van der Waals surface area contributed by atoms with Crippen molar-refractivity contribution in [2.45, 2.75) is 58.5 Å². The Labute approximate surface area is 140 Å². The highest BCUT2D eigenvalue weighted by molar-refractivity contribution is 5.69. The molecule has 1 N–H and O–H groups in total. The minimum atomic E-state index is -0.0790. The maximum Gasteiger partial charge on any atom is 0.305 e. The van der Waals surface area contributed by atoms with Crippen LogP contribution in [0, 0.1) is 0 Å². The van der Waals surface area contributed by atoms with E-state index in [9.17, 15) is 4.79 Å². The van der Waals surface area contributed by atoms with Gasteiger partial charge < -0.3 is 15.0 Å². The number of nitrogens with zero attached hydrogens (tertiary/aromatic N) is 1. The van der Waals surface area contributed by atoms with E-state index in [-0.39, 0.29) is 5.97 Å². The second kappa shape index (κ2) is 8.92. The molecule has 128 valence electrons. The van der Waals surface area contributed by atoms with Gasteiger partial charge in [0.25, 0.3) is 0 Å². The van der Waals surface area contributed by atoms with Crippen LogP contribution in [-0.2, 0) is 16.0 Å². The van der Waals surface area contributed by atoms with Gasteiger partial charge in [-0.15, -0.1) is 0 Å². The summed E-state index contributed by atoms with van der Waals surface area (Å²) in [6.45, 7) is 8.92. The number of hydrogen-bond donors (Lipinski definition) is 1. The van der Waals surface area contributed by atoms with Crippen molar-refractivity contribution in [2.75, 3.05) is 24.6 Å². The molecule has 0 saturated carbocycles. The summed E-state index contributed by atoms with van der Waals surface area (Å²) in [5.74, 6) is -0.0790. The molecular weight excluding hydrogens is 288 g/mol. The van der Waals surface area contributed by atoms with Gasteiger partial charge in [0, 0.05) is 37.3 Å². The normalized spacial score (nSPS) is 21.3. The van der Waals surface area contributed by atoms with Crippen LogP contribution in [0.4, 0.5) is 5.69 Å². The molecule has 1 saturated heterocycles. The van der Waals surface area contributed by atoms with Crippen LogP contribution in [0.15, 0.2) is 24.3 Å². The molecule has 1 aromatic carbocycles. The third kappa shape index (κ3) is 5.54. The highest BCUT2D eigenvalue weighted by atomic mass is 16.5. The van der Waals surface area contributed by atoms with E-state index < -0.39 is 0 Å². The Hall–Kier alpha value is -1.55. The fraction of sp³-hybridized carbons (Fsp3) is 0.632. The molecule has 0 aromatic heterocycles. The van der Waals surface area contributed by atoms with Gasteiger partial charge in [-0.25, -0.2) is 0 Å². The Balaban J connectivity index is 1.79. The molecule has 4 heteroatoms. The van der Waals surface area contributed by atoms with E-state index in [4.69, 9.17) is 4.74 Å². The second-order valence-electron chi connectivity index (χ2n) is 6.49. The van der Waals surface area contributed by atoms with Gasteiger partial charge in [0.2, 0.25) is 0 Å². The molecule has 1 aliphatic heterocycles. The maximum atomic E-state index is 11.3. The predicted octanol–water partition coefficient (Wildman–Crippen LogP) is 3.15. The molecule has 23 heavy (non-hydrogen) atoms. The minimum absolute atomic E-state index is 0.0790. The van der Waals surface area contributed by atoms with Crippen LogP contribution in [-0.4, -0.2) is 37.7 Å². The molecule has 4 nitrogen and oxygen atoms in total. The lowest BCUT2D eigenvalue weighted by Crippen LogP contribution is -2.54. The molecule has 1 fully saturated rings. The van der Waals surface area contributed by atoms with Crippen molar-refractivity contribution in [3.8, 4) is 0 Å². The fourth-order valence-corrected chi connectivity index (χ4v) is 3.07. The SMILES string of the molecule is CCOC(=O)CCCCc1ccc(N2C[C@@H](C)NC[C@@H]2C)cc1. The van der Waals surface area contributed by atoms with E-state index in [1.165, 1.54) is 11.3 Å². The summed E-state index contributed by atoms with van der Waals surface area (Å²) in [6, 6.07) is 9.97. The summed E-state index contributed by atoms with van der Waals surface area (Å²) in [7, 11) is 0. The van der Waals surface area contributed by atoms with Crippen LogP contribution < -0.4 is 10.2 Å². The lowest BCUT2D eigenvalue weighted by molar-refractivity contribution is -0.143. The number of unbranched alkanes of at least 4 members (excludes halogenated alkanes) is 1. The number of nitrogens with one attached hydrogen (secondary N) is 1. The third-order valence-electron chi connectivity index (χ3n) is 4.43. The molecule has 0 aliphatic carbocycles. The molecule has 0 amide bonds. The number of anilines is 1. The zero-order chi connectivity index (χ0) is 16.7. The van der Waals surface area contributed by atoms with Crippen LogP contribution in [0.5, 0.6) is 0 Å². The summed E-state index contributed by atoms with van der Waals surface area (Å²) in [4.78, 5) is 13.8. The molecule has 0 radical (unpaired) electrons. The third-order valence-corrected chi connectivity index (χ3v) is 4.43. The number of carbonyl (C=O) groups excluding carboxylic acids is 1. The smallest absolute Gasteiger partial charge is 0.305 e. The van der Waals surface area contributed by atoms with Crippen LogP contribution in [0.3, 0.4) is 0 Å². The average Bonchev–Trinajstić information content (AvgIpc) is 2.55. The molecule has 1 aliphatic rings. The minimum Gasteiger partial charge on any atom is -0.466 e. The van der Waals surface area contributed by atoms with Gasteiger partial charge in [-0.3, -0.25) is 4.79 Å². The van der Waals surface area contributed by atoms with E-state index in [0.29, 0.717) is 25.1 Å². The number of piperazine rings is 1. The number of esters is 1. The Kier molecular flexibility index (Phi) is 6.90. The molecule has 1 heterocycles. The predicted molar refractivity (Wildman–Crippen MR) is 94.9 cm³/mol. The number of carbonyl (C=O) groups is 1. The number of aryl methyl sites for hydroxylation is 1. The number of ether oxygens (including phenoxy) is 1. The van der Waals surface area contributed by atoms with Crippen LogP contribution in [0.2, 0.25) is 0 Å². The van der Waals surface area contributed by atoms with Gasteiger partial charge in [0.05, 0.1) is 6.61 Å². The summed E-state index contributed by atoms with van der Waals surface area (Å²) in [5.41, 5.74) is 2.65. The van der Waals surface area contributed by atoms with E-state index in [1.54, 1.807) is 0 Å². The van der Waals surface area contributed by atoms with Gasteiger partial charge in [0.1, 0.15) is 0 Å². The standard InChI is InChI=1S/C19H30N2O2/c1-4-23-19(22)8-6-5-7-17-9-11-18(12-10-17)21-14-15(2)20-13-16(21)3/h9-12,15-16,20H,4-8,13-14H2,1-3H3/t15-,16+/m1/s1. The monoisotopic (exact) mass is 318 g/mol. The number of hydrogen-bond acceptors (Lipinski definition) is 4. The Morgan fingerprint density at radius 1 is 1.26 bits per heavy atom. The van der Waals surface area contributed by atoms with Crippen LogP contribution in [0.1, 0.15) is 45.6 Å². The van der Waals surface area contributed by atoms with Gasteiger partial charge in [-0.1, -0.05) is 12.1 Å². The maximum absolute atomic E-state index is 11.3.